The van der Waals surface area contributed by atoms with Gasteiger partial charge in [-0.1, -0.05) is 27.5 Å². The second-order valence-electron chi connectivity index (χ2n) is 3.61. The largest absolute Gasteiger partial charge is 0.453 e. The number of carbonyl (C=O) groups is 1. The maximum Gasteiger partial charge on any atom is 0.201 e. The Labute approximate surface area is 121 Å². The molecule has 0 N–H and O–H groups in total. The van der Waals surface area contributed by atoms with Crippen molar-refractivity contribution in [3.8, 4) is 11.5 Å². The zero-order valence-corrected chi connectivity index (χ0v) is 11.6. The van der Waals surface area contributed by atoms with Crippen molar-refractivity contribution in [2.75, 3.05) is 0 Å². The quantitative estimate of drug-likeness (QED) is 0.578. The van der Waals surface area contributed by atoms with Crippen LogP contribution in [-0.4, -0.2) is 6.29 Å². The summed E-state index contributed by atoms with van der Waals surface area (Å²) in [6.07, 6.45) is 0.620. The van der Waals surface area contributed by atoms with Crippen molar-refractivity contribution >= 4 is 33.8 Å². The minimum Gasteiger partial charge on any atom is -0.453 e. The van der Waals surface area contributed by atoms with E-state index in [2.05, 4.69) is 15.9 Å². The maximum atomic E-state index is 13.5. The summed E-state index contributed by atoms with van der Waals surface area (Å²) in [5, 5.41) is 0.129. The Bertz CT molecular complexity index is 647. The zero-order valence-electron chi connectivity index (χ0n) is 9.29. The van der Waals surface area contributed by atoms with Gasteiger partial charge in [-0.15, -0.1) is 0 Å². The van der Waals surface area contributed by atoms with Crippen molar-refractivity contribution in [3.63, 3.8) is 0 Å². The van der Waals surface area contributed by atoms with Gasteiger partial charge in [0.15, 0.2) is 11.6 Å². The molecule has 0 aromatic heterocycles. The summed E-state index contributed by atoms with van der Waals surface area (Å²) in [6, 6.07) is 6.50. The monoisotopic (exact) mass is 346 g/mol. The summed E-state index contributed by atoms with van der Waals surface area (Å²) >= 11 is 8.91. The van der Waals surface area contributed by atoms with Crippen molar-refractivity contribution in [1.29, 1.82) is 0 Å². The highest BCUT2D eigenvalue weighted by atomic mass is 79.9. The van der Waals surface area contributed by atoms with Crippen LogP contribution in [-0.2, 0) is 0 Å². The third kappa shape index (κ3) is 3.11. The molecule has 0 aliphatic heterocycles. The lowest BCUT2D eigenvalue weighted by atomic mass is 10.2. The number of aldehydes is 1. The second-order valence-corrected chi connectivity index (χ2v) is 4.93. The number of benzene rings is 2. The predicted octanol–water partition coefficient (Wildman–Crippen LogP) is 4.99. The van der Waals surface area contributed by atoms with Crippen LogP contribution in [0.4, 0.5) is 8.78 Å². The average molecular weight is 348 g/mol. The van der Waals surface area contributed by atoms with Crippen LogP contribution in [0, 0.1) is 11.6 Å². The molecule has 0 amide bonds. The molecule has 0 radical (unpaired) electrons. The van der Waals surface area contributed by atoms with Crippen LogP contribution >= 0.6 is 27.5 Å². The van der Waals surface area contributed by atoms with Crippen LogP contribution in [0.25, 0.3) is 0 Å². The van der Waals surface area contributed by atoms with E-state index in [4.69, 9.17) is 16.3 Å². The molecule has 0 heterocycles. The maximum absolute atomic E-state index is 13.5. The Kier molecular flexibility index (Phi) is 4.17. The lowest BCUT2D eigenvalue weighted by molar-refractivity contribution is 0.112. The molecular formula is C13H6BrClF2O2. The third-order valence-corrected chi connectivity index (χ3v) is 3.02. The van der Waals surface area contributed by atoms with Crippen LogP contribution < -0.4 is 4.74 Å². The predicted molar refractivity (Wildman–Crippen MR) is 71.0 cm³/mol. The summed E-state index contributed by atoms with van der Waals surface area (Å²) < 4.78 is 32.3. The van der Waals surface area contributed by atoms with Gasteiger partial charge in [0.1, 0.15) is 12.0 Å². The fraction of sp³-hybridized carbons (Fsp3) is 0. The molecule has 0 atom stereocenters. The minimum atomic E-state index is -1.11. The Morgan fingerprint density at radius 1 is 1.16 bits per heavy atom. The second kappa shape index (κ2) is 5.67. The molecule has 0 aliphatic carbocycles. The Hall–Kier alpha value is -1.46. The third-order valence-electron chi connectivity index (χ3n) is 2.27. The number of halogens is 4. The van der Waals surface area contributed by atoms with Gasteiger partial charge >= 0.3 is 0 Å². The first-order valence-corrected chi connectivity index (χ1v) is 6.25. The van der Waals surface area contributed by atoms with Crippen LogP contribution in [0.2, 0.25) is 5.02 Å². The van der Waals surface area contributed by atoms with Gasteiger partial charge in [0.05, 0.1) is 5.02 Å². The van der Waals surface area contributed by atoms with Gasteiger partial charge < -0.3 is 4.74 Å². The van der Waals surface area contributed by atoms with Crippen molar-refractivity contribution in [2.45, 2.75) is 0 Å². The molecule has 2 aromatic rings. The lowest BCUT2D eigenvalue weighted by Crippen LogP contribution is -1.93. The van der Waals surface area contributed by atoms with E-state index in [1.54, 1.807) is 0 Å². The van der Waals surface area contributed by atoms with Gasteiger partial charge in [0.2, 0.25) is 5.82 Å². The first-order valence-electron chi connectivity index (χ1n) is 5.08. The van der Waals surface area contributed by atoms with Crippen molar-refractivity contribution < 1.29 is 18.3 Å². The zero-order chi connectivity index (χ0) is 14.0. The minimum absolute atomic E-state index is 0.128. The Morgan fingerprint density at radius 3 is 2.53 bits per heavy atom. The molecule has 0 saturated carbocycles. The van der Waals surface area contributed by atoms with Gasteiger partial charge in [-0.05, 0) is 30.3 Å². The van der Waals surface area contributed by atoms with E-state index in [0.717, 1.165) is 6.07 Å². The van der Waals surface area contributed by atoms with Crippen LogP contribution in [0.15, 0.2) is 34.8 Å². The molecule has 2 rings (SSSR count). The lowest BCUT2D eigenvalue weighted by Gasteiger charge is -2.09. The van der Waals surface area contributed by atoms with E-state index in [0.29, 0.717) is 16.3 Å². The van der Waals surface area contributed by atoms with Gasteiger partial charge in [0, 0.05) is 10.0 Å². The summed E-state index contributed by atoms with van der Waals surface area (Å²) in [6.45, 7) is 0. The standard InChI is InChI=1S/C13H6BrClF2O2/c14-8-4-10(16)13(17)12(5-8)19-11-2-1-7(6-18)3-9(11)15/h1-6H. The van der Waals surface area contributed by atoms with Crippen molar-refractivity contribution in [1.82, 2.24) is 0 Å². The Morgan fingerprint density at radius 2 is 1.89 bits per heavy atom. The molecule has 0 bridgehead atoms. The van der Waals surface area contributed by atoms with Crippen LogP contribution in [0.3, 0.4) is 0 Å². The number of hydrogen-bond donors (Lipinski definition) is 0. The number of hydrogen-bond acceptors (Lipinski definition) is 2. The Balaban J connectivity index is 2.39. The average Bonchev–Trinajstić information content (AvgIpc) is 2.37. The molecule has 2 aromatic carbocycles. The highest BCUT2D eigenvalue weighted by Gasteiger charge is 2.13. The fourth-order valence-corrected chi connectivity index (χ4v) is 2.03. The van der Waals surface area contributed by atoms with Gasteiger partial charge in [0.25, 0.3) is 0 Å². The highest BCUT2D eigenvalue weighted by molar-refractivity contribution is 9.10. The number of ether oxygens (including phenoxy) is 1. The van der Waals surface area contributed by atoms with E-state index in [1.807, 2.05) is 0 Å². The molecule has 19 heavy (non-hydrogen) atoms. The van der Waals surface area contributed by atoms with E-state index in [1.165, 1.54) is 24.3 Å². The summed E-state index contributed by atoms with van der Waals surface area (Å²) in [7, 11) is 0. The number of carbonyl (C=O) groups excluding carboxylic acids is 1. The van der Waals surface area contributed by atoms with Gasteiger partial charge in [-0.2, -0.15) is 4.39 Å². The van der Waals surface area contributed by atoms with Crippen LogP contribution in [0.5, 0.6) is 11.5 Å². The van der Waals surface area contributed by atoms with Crippen molar-refractivity contribution in [2.24, 2.45) is 0 Å². The van der Waals surface area contributed by atoms with E-state index >= 15 is 0 Å². The molecular weight excluding hydrogens is 341 g/mol. The summed E-state index contributed by atoms with van der Waals surface area (Å²) in [4.78, 5) is 10.6. The van der Waals surface area contributed by atoms with Crippen molar-refractivity contribution in [3.05, 3.63) is 57.0 Å². The molecule has 0 unspecified atom stereocenters. The first-order chi connectivity index (χ1) is 9.01. The topological polar surface area (TPSA) is 26.3 Å². The van der Waals surface area contributed by atoms with Gasteiger partial charge in [-0.3, -0.25) is 4.79 Å². The first kappa shape index (κ1) is 14.0. The smallest absolute Gasteiger partial charge is 0.201 e. The van der Waals surface area contributed by atoms with Gasteiger partial charge in [-0.25, -0.2) is 4.39 Å². The summed E-state index contributed by atoms with van der Waals surface area (Å²) in [5.41, 5.74) is 0.359. The fourth-order valence-electron chi connectivity index (χ4n) is 1.40. The van der Waals surface area contributed by atoms with E-state index < -0.39 is 11.6 Å². The van der Waals surface area contributed by atoms with E-state index in [-0.39, 0.29) is 16.5 Å². The normalized spacial score (nSPS) is 10.3. The molecule has 98 valence electrons. The molecule has 0 saturated heterocycles. The van der Waals surface area contributed by atoms with E-state index in [9.17, 15) is 13.6 Å². The molecule has 6 heteroatoms. The highest BCUT2D eigenvalue weighted by Crippen LogP contribution is 2.33. The number of rotatable bonds is 3. The molecule has 0 aliphatic rings. The SMILES string of the molecule is O=Cc1ccc(Oc2cc(Br)cc(F)c2F)c(Cl)c1. The molecule has 2 nitrogen and oxygen atoms in total. The molecule has 0 fully saturated rings. The molecule has 0 spiro atoms. The summed E-state index contributed by atoms with van der Waals surface area (Å²) in [5.74, 6) is -2.32. The van der Waals surface area contributed by atoms with Crippen LogP contribution in [0.1, 0.15) is 10.4 Å².